The van der Waals surface area contributed by atoms with Crippen LogP contribution in [0.25, 0.3) is 0 Å². The Labute approximate surface area is 119 Å². The number of piperidine rings is 1. The highest BCUT2D eigenvalue weighted by molar-refractivity contribution is 4.85. The van der Waals surface area contributed by atoms with Crippen molar-refractivity contribution in [2.24, 2.45) is 11.3 Å². The Bertz CT molecular complexity index is 253. The normalized spacial score (nSPS) is 26.2. The molecule has 3 nitrogen and oxygen atoms in total. The third-order valence-corrected chi connectivity index (χ3v) is 5.08. The van der Waals surface area contributed by atoms with Crippen molar-refractivity contribution >= 4 is 0 Å². The number of likely N-dealkylation sites (N-methyl/N-ethyl adjacent to an activating group) is 1. The molecule has 1 atom stereocenters. The van der Waals surface area contributed by atoms with Gasteiger partial charge in [-0.25, -0.2) is 0 Å². The van der Waals surface area contributed by atoms with Crippen LogP contribution in [0.5, 0.6) is 0 Å². The van der Waals surface area contributed by atoms with Gasteiger partial charge in [0.05, 0.1) is 0 Å². The maximum Gasteiger partial charge on any atom is 0.0109 e. The van der Waals surface area contributed by atoms with Crippen LogP contribution in [0.2, 0.25) is 0 Å². The van der Waals surface area contributed by atoms with Crippen molar-refractivity contribution in [3.05, 3.63) is 0 Å². The first-order chi connectivity index (χ1) is 9.08. The molecule has 3 heteroatoms. The molecule has 0 aromatic rings. The lowest BCUT2D eigenvalue weighted by molar-refractivity contribution is 0.109. The van der Waals surface area contributed by atoms with Crippen LogP contribution in [0.1, 0.15) is 39.5 Å². The summed E-state index contributed by atoms with van der Waals surface area (Å²) in [5.41, 5.74) is 0.438. The molecular weight excluding hydrogens is 234 g/mol. The summed E-state index contributed by atoms with van der Waals surface area (Å²) in [4.78, 5) is 5.17. The van der Waals surface area contributed by atoms with Crippen molar-refractivity contribution < 1.29 is 0 Å². The summed E-state index contributed by atoms with van der Waals surface area (Å²) < 4.78 is 0. The second kappa shape index (κ2) is 7.05. The summed E-state index contributed by atoms with van der Waals surface area (Å²) in [6, 6.07) is 0. The molecule has 2 aliphatic heterocycles. The standard InChI is InChI=1S/C16H33N3/c1-16(2,15-7-6-8-17-13-15)14-18(3)11-12-19-9-4-5-10-19/h15,17H,4-14H2,1-3H3. The molecule has 0 aliphatic carbocycles. The van der Waals surface area contributed by atoms with Crippen molar-refractivity contribution in [2.75, 3.05) is 52.9 Å². The predicted molar refractivity (Wildman–Crippen MR) is 82.5 cm³/mol. The number of rotatable bonds is 6. The number of hydrogen-bond acceptors (Lipinski definition) is 3. The summed E-state index contributed by atoms with van der Waals surface area (Å²) in [5, 5.41) is 3.56. The van der Waals surface area contributed by atoms with E-state index in [9.17, 15) is 0 Å². The molecule has 2 saturated heterocycles. The molecule has 0 bridgehead atoms. The van der Waals surface area contributed by atoms with Gasteiger partial charge in [0.25, 0.3) is 0 Å². The van der Waals surface area contributed by atoms with E-state index in [4.69, 9.17) is 0 Å². The largest absolute Gasteiger partial charge is 0.316 e. The highest BCUT2D eigenvalue weighted by atomic mass is 15.2. The Morgan fingerprint density at radius 1 is 1.21 bits per heavy atom. The van der Waals surface area contributed by atoms with Crippen LogP contribution in [0.4, 0.5) is 0 Å². The fourth-order valence-corrected chi connectivity index (χ4v) is 3.74. The van der Waals surface area contributed by atoms with E-state index in [0.29, 0.717) is 5.41 Å². The summed E-state index contributed by atoms with van der Waals surface area (Å²) >= 11 is 0. The van der Waals surface area contributed by atoms with Gasteiger partial charge in [-0.3, -0.25) is 0 Å². The van der Waals surface area contributed by atoms with Crippen molar-refractivity contribution in [2.45, 2.75) is 39.5 Å². The van der Waals surface area contributed by atoms with E-state index in [1.807, 2.05) is 0 Å². The Morgan fingerprint density at radius 2 is 1.95 bits per heavy atom. The Hall–Kier alpha value is -0.120. The van der Waals surface area contributed by atoms with Crippen LogP contribution in [-0.2, 0) is 0 Å². The summed E-state index contributed by atoms with van der Waals surface area (Å²) in [6.07, 6.45) is 5.57. The number of nitrogens with zero attached hydrogens (tertiary/aromatic N) is 2. The van der Waals surface area contributed by atoms with Gasteiger partial charge >= 0.3 is 0 Å². The molecule has 2 rings (SSSR count). The molecule has 19 heavy (non-hydrogen) atoms. The van der Waals surface area contributed by atoms with Crippen molar-refractivity contribution in [1.82, 2.24) is 15.1 Å². The summed E-state index contributed by atoms with van der Waals surface area (Å²) in [6.45, 7) is 13.7. The molecule has 2 aliphatic rings. The smallest absolute Gasteiger partial charge is 0.0109 e. The molecule has 0 aromatic heterocycles. The first-order valence-corrected chi connectivity index (χ1v) is 8.19. The van der Waals surface area contributed by atoms with Gasteiger partial charge in [0.2, 0.25) is 0 Å². The van der Waals surface area contributed by atoms with Gasteiger partial charge < -0.3 is 15.1 Å². The maximum atomic E-state index is 3.56. The van der Waals surface area contributed by atoms with Crippen LogP contribution >= 0.6 is 0 Å². The Morgan fingerprint density at radius 3 is 2.58 bits per heavy atom. The van der Waals surface area contributed by atoms with Crippen LogP contribution in [-0.4, -0.2) is 62.7 Å². The topological polar surface area (TPSA) is 18.5 Å². The van der Waals surface area contributed by atoms with E-state index in [1.54, 1.807) is 0 Å². The molecular formula is C16H33N3. The fourth-order valence-electron chi connectivity index (χ4n) is 3.74. The van der Waals surface area contributed by atoms with Gasteiger partial charge in [0, 0.05) is 19.6 Å². The molecule has 2 heterocycles. The lowest BCUT2D eigenvalue weighted by atomic mass is 9.74. The molecule has 1 unspecified atom stereocenters. The van der Waals surface area contributed by atoms with Crippen molar-refractivity contribution in [1.29, 1.82) is 0 Å². The van der Waals surface area contributed by atoms with E-state index in [1.165, 1.54) is 71.5 Å². The lowest BCUT2D eigenvalue weighted by Crippen LogP contribution is -2.45. The van der Waals surface area contributed by atoms with Gasteiger partial charge in [-0.05, 0) is 70.2 Å². The minimum atomic E-state index is 0.438. The molecule has 0 aromatic carbocycles. The van der Waals surface area contributed by atoms with Gasteiger partial charge in [0.1, 0.15) is 0 Å². The zero-order valence-electron chi connectivity index (χ0n) is 13.2. The molecule has 0 saturated carbocycles. The molecule has 112 valence electrons. The highest BCUT2D eigenvalue weighted by Gasteiger charge is 2.31. The van der Waals surface area contributed by atoms with Crippen molar-refractivity contribution in [3.63, 3.8) is 0 Å². The van der Waals surface area contributed by atoms with E-state index in [2.05, 4.69) is 36.0 Å². The molecule has 0 amide bonds. The monoisotopic (exact) mass is 267 g/mol. The second-order valence-corrected chi connectivity index (χ2v) is 7.32. The molecule has 1 N–H and O–H groups in total. The van der Waals surface area contributed by atoms with Crippen LogP contribution < -0.4 is 5.32 Å². The number of likely N-dealkylation sites (tertiary alicyclic amines) is 1. The minimum absolute atomic E-state index is 0.438. The van der Waals surface area contributed by atoms with Gasteiger partial charge in [0.15, 0.2) is 0 Å². The highest BCUT2D eigenvalue weighted by Crippen LogP contribution is 2.32. The first kappa shape index (κ1) is 15.3. The van der Waals surface area contributed by atoms with Gasteiger partial charge in [-0.15, -0.1) is 0 Å². The first-order valence-electron chi connectivity index (χ1n) is 8.19. The average Bonchev–Trinajstić information content (AvgIpc) is 2.90. The van der Waals surface area contributed by atoms with E-state index in [-0.39, 0.29) is 0 Å². The maximum absolute atomic E-state index is 3.56. The summed E-state index contributed by atoms with van der Waals surface area (Å²) in [5.74, 6) is 0.843. The van der Waals surface area contributed by atoms with E-state index in [0.717, 1.165) is 5.92 Å². The third kappa shape index (κ3) is 4.73. The zero-order chi connectivity index (χ0) is 13.7. The number of nitrogens with one attached hydrogen (secondary N) is 1. The molecule has 0 spiro atoms. The van der Waals surface area contributed by atoms with Gasteiger partial charge in [-0.2, -0.15) is 0 Å². The van der Waals surface area contributed by atoms with Crippen LogP contribution in [0.3, 0.4) is 0 Å². The zero-order valence-corrected chi connectivity index (χ0v) is 13.2. The third-order valence-electron chi connectivity index (χ3n) is 5.08. The van der Waals surface area contributed by atoms with Crippen molar-refractivity contribution in [3.8, 4) is 0 Å². The van der Waals surface area contributed by atoms with E-state index >= 15 is 0 Å². The summed E-state index contributed by atoms with van der Waals surface area (Å²) in [7, 11) is 2.30. The quantitative estimate of drug-likeness (QED) is 0.794. The minimum Gasteiger partial charge on any atom is -0.316 e. The van der Waals surface area contributed by atoms with Crippen LogP contribution in [0.15, 0.2) is 0 Å². The van der Waals surface area contributed by atoms with E-state index < -0.39 is 0 Å². The fraction of sp³-hybridized carbons (Fsp3) is 1.00. The SMILES string of the molecule is CN(CCN1CCCC1)CC(C)(C)C1CCCNC1. The average molecular weight is 267 g/mol. The Balaban J connectivity index is 1.71. The molecule has 2 fully saturated rings. The van der Waals surface area contributed by atoms with Gasteiger partial charge in [-0.1, -0.05) is 13.8 Å². The Kier molecular flexibility index (Phi) is 5.67. The number of hydrogen-bond donors (Lipinski definition) is 1. The predicted octanol–water partition coefficient (Wildman–Crippen LogP) is 2.04. The molecule has 0 radical (unpaired) electrons. The second-order valence-electron chi connectivity index (χ2n) is 7.32. The lowest BCUT2D eigenvalue weighted by Gasteiger charge is -2.40. The van der Waals surface area contributed by atoms with Crippen LogP contribution in [0, 0.1) is 11.3 Å².